The van der Waals surface area contributed by atoms with Crippen LogP contribution in [0.1, 0.15) is 19.0 Å². The number of carbonyl (C=O) groups is 3. The maximum absolute atomic E-state index is 15.1. The molecule has 208 valence electrons. The number of carboxylic acid groups (broad SMARTS) is 1. The highest BCUT2D eigenvalue weighted by Crippen LogP contribution is 2.29. The second-order valence-electron chi connectivity index (χ2n) is 9.22. The molecule has 3 atom stereocenters. The molecule has 3 N–H and O–H groups in total. The van der Waals surface area contributed by atoms with Crippen LogP contribution in [0.4, 0.5) is 19.7 Å². The number of halogens is 1. The minimum atomic E-state index is -1.29. The van der Waals surface area contributed by atoms with Gasteiger partial charge in [-0.05, 0) is 31.2 Å². The van der Waals surface area contributed by atoms with Crippen LogP contribution in [0.25, 0.3) is 11.1 Å². The van der Waals surface area contributed by atoms with Crippen LogP contribution in [0.2, 0.25) is 0 Å². The third-order valence-corrected chi connectivity index (χ3v) is 6.34. The Morgan fingerprint density at radius 1 is 1.25 bits per heavy atom. The summed E-state index contributed by atoms with van der Waals surface area (Å²) in [4.78, 5) is 46.1. The molecule has 2 aliphatic rings. The van der Waals surface area contributed by atoms with Crippen molar-refractivity contribution in [1.29, 1.82) is 0 Å². The molecule has 1 saturated heterocycles. The number of hydrogen-bond donors (Lipinski definition) is 3. The third-order valence-electron chi connectivity index (χ3n) is 6.34. The lowest BCUT2D eigenvalue weighted by Crippen LogP contribution is -2.46. The molecule has 2 aromatic heterocycles. The van der Waals surface area contributed by atoms with E-state index in [0.29, 0.717) is 41.2 Å². The van der Waals surface area contributed by atoms with Gasteiger partial charge in [0.2, 0.25) is 5.91 Å². The first-order valence-corrected chi connectivity index (χ1v) is 12.4. The van der Waals surface area contributed by atoms with Crippen LogP contribution < -0.4 is 15.5 Å². The lowest BCUT2D eigenvalue weighted by molar-refractivity contribution is -0.123. The van der Waals surface area contributed by atoms with Gasteiger partial charge in [0.25, 0.3) is 0 Å². The molecule has 0 bridgehead atoms. The minimum absolute atomic E-state index is 0.138. The number of nitrogens with zero attached hydrogens (tertiary/aromatic N) is 6. The average molecular weight is 553 g/mol. The molecule has 1 fully saturated rings. The molecule has 4 heterocycles. The van der Waals surface area contributed by atoms with Gasteiger partial charge >= 0.3 is 12.2 Å². The van der Waals surface area contributed by atoms with Crippen molar-refractivity contribution in [2.24, 2.45) is 5.16 Å². The number of nitrogens with one attached hydrogen (secondary N) is 2. The van der Waals surface area contributed by atoms with E-state index in [1.54, 1.807) is 35.1 Å². The van der Waals surface area contributed by atoms with E-state index in [4.69, 9.17) is 14.7 Å². The van der Waals surface area contributed by atoms with Crippen molar-refractivity contribution in [2.45, 2.75) is 38.1 Å². The highest BCUT2D eigenvalue weighted by atomic mass is 19.1. The number of rotatable bonds is 9. The Bertz CT molecular complexity index is 1430. The SMILES string of the molecule is C[C@H](NC(=O)O)C(=O)NC[C@@H]1CC(c2ccc(-c3ccc(N4C[C@H](Cn5ccnn5)OC4=O)cc3F)cn2)=NO1. The highest BCUT2D eigenvalue weighted by molar-refractivity contribution is 6.00. The fraction of sp³-hybridized carbons (Fsp3) is 0.320. The summed E-state index contributed by atoms with van der Waals surface area (Å²) >= 11 is 0. The summed E-state index contributed by atoms with van der Waals surface area (Å²) in [5.74, 6) is -1.01. The molecule has 40 heavy (non-hydrogen) atoms. The number of pyridine rings is 1. The summed E-state index contributed by atoms with van der Waals surface area (Å²) in [7, 11) is 0. The van der Waals surface area contributed by atoms with E-state index in [9.17, 15) is 14.4 Å². The Hall–Kier alpha value is -5.08. The smallest absolute Gasteiger partial charge is 0.414 e. The number of ether oxygens (including phenoxy) is 1. The number of benzene rings is 1. The summed E-state index contributed by atoms with van der Waals surface area (Å²) in [6.07, 6.45) is 2.36. The number of anilines is 1. The topological polar surface area (TPSA) is 173 Å². The molecule has 0 spiro atoms. The summed E-state index contributed by atoms with van der Waals surface area (Å²) in [5, 5.41) is 25.0. The Balaban J connectivity index is 1.17. The quantitative estimate of drug-likeness (QED) is 0.357. The Kier molecular flexibility index (Phi) is 7.52. The van der Waals surface area contributed by atoms with E-state index in [-0.39, 0.29) is 13.1 Å². The largest absolute Gasteiger partial charge is 0.465 e. The first-order chi connectivity index (χ1) is 19.3. The lowest BCUT2D eigenvalue weighted by Gasteiger charge is -2.14. The molecule has 0 radical (unpaired) electrons. The zero-order valence-electron chi connectivity index (χ0n) is 21.2. The average Bonchev–Trinajstić information content (AvgIpc) is 3.69. The maximum atomic E-state index is 15.1. The van der Waals surface area contributed by atoms with Gasteiger partial charge in [-0.25, -0.2) is 18.7 Å². The predicted octanol–water partition coefficient (Wildman–Crippen LogP) is 1.77. The predicted molar refractivity (Wildman–Crippen MR) is 137 cm³/mol. The van der Waals surface area contributed by atoms with E-state index >= 15 is 4.39 Å². The van der Waals surface area contributed by atoms with Crippen molar-refractivity contribution in [3.63, 3.8) is 0 Å². The van der Waals surface area contributed by atoms with Crippen LogP contribution in [0.5, 0.6) is 0 Å². The number of carbonyl (C=O) groups excluding carboxylic acids is 2. The second kappa shape index (κ2) is 11.3. The van der Waals surface area contributed by atoms with Crippen LogP contribution in [-0.4, -0.2) is 80.2 Å². The van der Waals surface area contributed by atoms with Gasteiger partial charge in [-0.2, -0.15) is 0 Å². The molecule has 15 heteroatoms. The van der Waals surface area contributed by atoms with Gasteiger partial charge in [-0.3, -0.25) is 14.7 Å². The number of aromatic nitrogens is 4. The number of oxime groups is 1. The number of hydrogen-bond acceptors (Lipinski definition) is 9. The Morgan fingerprint density at radius 2 is 2.10 bits per heavy atom. The van der Waals surface area contributed by atoms with Gasteiger partial charge < -0.3 is 25.3 Å². The van der Waals surface area contributed by atoms with Gasteiger partial charge in [-0.15, -0.1) is 5.10 Å². The molecule has 0 saturated carbocycles. The van der Waals surface area contributed by atoms with E-state index in [1.807, 2.05) is 0 Å². The summed E-state index contributed by atoms with van der Waals surface area (Å²) in [6.45, 7) is 2.16. The van der Waals surface area contributed by atoms with Gasteiger partial charge in [0.1, 0.15) is 23.7 Å². The lowest BCUT2D eigenvalue weighted by atomic mass is 10.0. The zero-order chi connectivity index (χ0) is 28.2. The minimum Gasteiger partial charge on any atom is -0.465 e. The van der Waals surface area contributed by atoms with Crippen molar-refractivity contribution in [1.82, 2.24) is 30.6 Å². The van der Waals surface area contributed by atoms with Crippen LogP contribution in [-0.2, 0) is 20.9 Å². The normalized spacial score (nSPS) is 19.0. The molecule has 0 aliphatic carbocycles. The van der Waals surface area contributed by atoms with Gasteiger partial charge in [-0.1, -0.05) is 16.4 Å². The van der Waals surface area contributed by atoms with E-state index in [0.717, 1.165) is 0 Å². The first kappa shape index (κ1) is 26.5. The molecule has 1 aromatic carbocycles. The van der Waals surface area contributed by atoms with E-state index < -0.39 is 42.2 Å². The molecular weight excluding hydrogens is 527 g/mol. The standard InChI is InChI=1S/C25H25FN8O6/c1-14(30-24(36)37)23(35)28-11-17-9-22(31-40-17)21-5-2-15(10-27-21)19-4-3-16(8-20(19)26)34-13-18(39-25(34)38)12-33-7-6-29-32-33/h2-8,10,14,17-18,30H,9,11-13H2,1H3,(H,28,35)(H,36,37)/t14-,17-,18-/m0/s1. The molecule has 5 rings (SSSR count). The number of cyclic esters (lactones) is 1. The first-order valence-electron chi connectivity index (χ1n) is 12.4. The van der Waals surface area contributed by atoms with Gasteiger partial charge in [0.15, 0.2) is 6.10 Å². The van der Waals surface area contributed by atoms with Crippen molar-refractivity contribution >= 4 is 29.5 Å². The monoisotopic (exact) mass is 552 g/mol. The van der Waals surface area contributed by atoms with Crippen LogP contribution in [0, 0.1) is 5.82 Å². The van der Waals surface area contributed by atoms with Crippen LogP contribution in [0.15, 0.2) is 54.1 Å². The van der Waals surface area contributed by atoms with Crippen molar-refractivity contribution in [3.8, 4) is 11.1 Å². The summed E-state index contributed by atoms with van der Waals surface area (Å²) in [6, 6.07) is 6.99. The zero-order valence-corrected chi connectivity index (χ0v) is 21.2. The van der Waals surface area contributed by atoms with Crippen molar-refractivity contribution < 1.29 is 33.5 Å². The number of amides is 3. The fourth-order valence-electron chi connectivity index (χ4n) is 4.30. The fourth-order valence-corrected chi connectivity index (χ4v) is 4.30. The highest BCUT2D eigenvalue weighted by Gasteiger charge is 2.33. The molecule has 3 amide bonds. The van der Waals surface area contributed by atoms with Crippen molar-refractivity contribution in [3.05, 3.63) is 60.4 Å². The van der Waals surface area contributed by atoms with E-state index in [1.165, 1.54) is 30.3 Å². The van der Waals surface area contributed by atoms with Crippen molar-refractivity contribution in [2.75, 3.05) is 18.0 Å². The van der Waals surface area contributed by atoms with Gasteiger partial charge in [0.05, 0.1) is 37.2 Å². The summed E-state index contributed by atoms with van der Waals surface area (Å²) < 4.78 is 22.0. The maximum Gasteiger partial charge on any atom is 0.414 e. The Labute approximate surface area is 226 Å². The Morgan fingerprint density at radius 3 is 2.80 bits per heavy atom. The van der Waals surface area contributed by atoms with Crippen LogP contribution >= 0.6 is 0 Å². The summed E-state index contributed by atoms with van der Waals surface area (Å²) in [5.41, 5.74) is 2.31. The van der Waals surface area contributed by atoms with Crippen LogP contribution in [0.3, 0.4) is 0 Å². The molecule has 2 aliphatic heterocycles. The second-order valence-corrected chi connectivity index (χ2v) is 9.22. The third kappa shape index (κ3) is 5.98. The molecular formula is C25H25FN8O6. The molecule has 0 unspecified atom stereocenters. The molecule has 3 aromatic rings. The van der Waals surface area contributed by atoms with E-state index in [2.05, 4.69) is 31.1 Å². The van der Waals surface area contributed by atoms with Gasteiger partial charge in [0, 0.05) is 29.9 Å². The molecule has 14 nitrogen and oxygen atoms in total.